The van der Waals surface area contributed by atoms with E-state index in [1.165, 1.54) is 0 Å². The molecule has 7 heteroatoms. The Labute approximate surface area is 172 Å². The molecular formula is C22H18ClN3O3. The molecule has 0 radical (unpaired) electrons. The van der Waals surface area contributed by atoms with Gasteiger partial charge in [0.2, 0.25) is 17.7 Å². The van der Waals surface area contributed by atoms with Gasteiger partial charge in [0.1, 0.15) is 5.75 Å². The fraction of sp³-hybridized carbons (Fsp3) is 0.136. The first-order valence-corrected chi connectivity index (χ1v) is 9.47. The lowest BCUT2D eigenvalue weighted by Crippen LogP contribution is -2.24. The molecule has 2 N–H and O–H groups in total. The van der Waals surface area contributed by atoms with E-state index in [2.05, 4.69) is 4.98 Å². The van der Waals surface area contributed by atoms with E-state index < -0.39 is 5.91 Å². The molecule has 2 amide bonds. The smallest absolute Gasteiger partial charge is 0.248 e. The number of nitrogens with two attached hydrogens (primary N) is 1. The van der Waals surface area contributed by atoms with Crippen LogP contribution in [0.25, 0.3) is 0 Å². The average Bonchev–Trinajstić information content (AvgIpc) is 3.10. The van der Waals surface area contributed by atoms with Crippen LogP contribution in [0.4, 0.5) is 5.69 Å². The lowest BCUT2D eigenvalue weighted by Gasteiger charge is -2.19. The van der Waals surface area contributed by atoms with E-state index in [9.17, 15) is 9.59 Å². The third-order valence-corrected chi connectivity index (χ3v) is 5.07. The number of carbonyl (C=O) groups excluding carboxylic acids is 2. The zero-order chi connectivity index (χ0) is 20.4. The van der Waals surface area contributed by atoms with Crippen molar-refractivity contribution in [3.63, 3.8) is 0 Å². The van der Waals surface area contributed by atoms with Gasteiger partial charge in [0.05, 0.1) is 0 Å². The molecule has 2 aromatic carbocycles. The van der Waals surface area contributed by atoms with Gasteiger partial charge in [-0.25, -0.2) is 4.98 Å². The molecule has 146 valence electrons. The molecule has 1 aliphatic heterocycles. The van der Waals surface area contributed by atoms with Crippen LogP contribution in [-0.2, 0) is 4.79 Å². The maximum atomic E-state index is 12.7. The fourth-order valence-corrected chi connectivity index (χ4v) is 3.61. The summed E-state index contributed by atoms with van der Waals surface area (Å²) in [6.45, 7) is 0.460. The van der Waals surface area contributed by atoms with Crippen molar-refractivity contribution in [1.82, 2.24) is 4.98 Å². The molecule has 0 spiro atoms. The zero-order valence-corrected chi connectivity index (χ0v) is 16.2. The Balaban J connectivity index is 1.62. The van der Waals surface area contributed by atoms with Crippen LogP contribution < -0.4 is 15.4 Å². The molecule has 0 saturated carbocycles. The number of primary amides is 1. The van der Waals surface area contributed by atoms with Crippen LogP contribution in [0.15, 0.2) is 66.9 Å². The zero-order valence-electron chi connectivity index (χ0n) is 15.4. The summed E-state index contributed by atoms with van der Waals surface area (Å²) in [5.74, 6) is 0.373. The van der Waals surface area contributed by atoms with Crippen LogP contribution in [0.3, 0.4) is 0 Å². The number of halogens is 1. The molecule has 0 aliphatic carbocycles. The fourth-order valence-electron chi connectivity index (χ4n) is 3.45. The minimum absolute atomic E-state index is 0.0321. The third-order valence-electron chi connectivity index (χ3n) is 4.84. The van der Waals surface area contributed by atoms with Crippen LogP contribution in [0, 0.1) is 0 Å². The maximum Gasteiger partial charge on any atom is 0.248 e. The first kappa shape index (κ1) is 19.0. The molecule has 3 aromatic rings. The molecule has 1 fully saturated rings. The molecule has 1 aromatic heterocycles. The van der Waals surface area contributed by atoms with Gasteiger partial charge in [-0.1, -0.05) is 29.8 Å². The van der Waals surface area contributed by atoms with Crippen LogP contribution in [0.2, 0.25) is 5.02 Å². The Morgan fingerprint density at radius 2 is 2.00 bits per heavy atom. The topological polar surface area (TPSA) is 85.5 Å². The second kappa shape index (κ2) is 7.93. The number of benzene rings is 2. The molecule has 1 atom stereocenters. The van der Waals surface area contributed by atoms with Gasteiger partial charge in [0.15, 0.2) is 0 Å². The van der Waals surface area contributed by atoms with Crippen LogP contribution in [0.5, 0.6) is 11.6 Å². The number of aromatic nitrogens is 1. The van der Waals surface area contributed by atoms with Crippen molar-refractivity contribution < 1.29 is 14.3 Å². The lowest BCUT2D eigenvalue weighted by atomic mass is 9.97. The van der Waals surface area contributed by atoms with Crippen molar-refractivity contribution in [2.45, 2.75) is 12.3 Å². The Bertz CT molecular complexity index is 1070. The van der Waals surface area contributed by atoms with Crippen molar-refractivity contribution in [2.75, 3.05) is 11.4 Å². The first-order valence-electron chi connectivity index (χ1n) is 9.10. The predicted octanol–water partition coefficient (Wildman–Crippen LogP) is 4.15. The normalized spacial score (nSPS) is 16.1. The summed E-state index contributed by atoms with van der Waals surface area (Å²) in [6, 6.07) is 17.5. The summed E-state index contributed by atoms with van der Waals surface area (Å²) in [7, 11) is 0. The first-order chi connectivity index (χ1) is 14.0. The minimum Gasteiger partial charge on any atom is -0.439 e. The van der Waals surface area contributed by atoms with Crippen molar-refractivity contribution in [3.8, 4) is 11.6 Å². The minimum atomic E-state index is -0.529. The number of carbonyl (C=O) groups is 2. The van der Waals surface area contributed by atoms with Crippen molar-refractivity contribution in [1.29, 1.82) is 0 Å². The van der Waals surface area contributed by atoms with Gasteiger partial charge < -0.3 is 15.4 Å². The highest BCUT2D eigenvalue weighted by Gasteiger charge is 2.33. The molecule has 6 nitrogen and oxygen atoms in total. The second-order valence-electron chi connectivity index (χ2n) is 6.77. The standard InChI is InChI=1S/C22H18ClN3O3/c23-16-7-8-18(19(12-16)29-20-6-1-2-9-25-20)15-11-21(27)26(13-15)17-5-3-4-14(10-17)22(24)28/h1-10,12,15H,11,13H2,(H2,24,28)/t15-/m0/s1. The number of pyridine rings is 1. The van der Waals surface area contributed by atoms with Crippen LogP contribution >= 0.6 is 11.6 Å². The largest absolute Gasteiger partial charge is 0.439 e. The summed E-state index contributed by atoms with van der Waals surface area (Å²) in [4.78, 5) is 30.0. The average molecular weight is 408 g/mol. The van der Waals surface area contributed by atoms with Gasteiger partial charge in [-0.2, -0.15) is 0 Å². The van der Waals surface area contributed by atoms with Crippen LogP contribution in [-0.4, -0.2) is 23.3 Å². The SMILES string of the molecule is NC(=O)c1cccc(N2C[C@@H](c3ccc(Cl)cc3Oc3ccccn3)CC2=O)c1. The highest BCUT2D eigenvalue weighted by Crippen LogP contribution is 2.39. The van der Waals surface area contributed by atoms with E-state index in [1.54, 1.807) is 59.6 Å². The summed E-state index contributed by atoms with van der Waals surface area (Å²) < 4.78 is 5.94. The molecule has 4 rings (SSSR count). The number of anilines is 1. The molecular weight excluding hydrogens is 390 g/mol. The van der Waals surface area contributed by atoms with E-state index >= 15 is 0 Å². The van der Waals surface area contributed by atoms with Gasteiger partial charge >= 0.3 is 0 Å². The predicted molar refractivity (Wildman–Crippen MR) is 110 cm³/mol. The molecule has 2 heterocycles. The number of rotatable bonds is 5. The number of ether oxygens (including phenoxy) is 1. The molecule has 1 aliphatic rings. The van der Waals surface area contributed by atoms with Gasteiger partial charge in [-0.05, 0) is 36.4 Å². The number of amides is 2. The Morgan fingerprint density at radius 1 is 1.14 bits per heavy atom. The molecule has 0 unspecified atom stereocenters. The van der Waals surface area contributed by atoms with Gasteiger partial charge in [0.25, 0.3) is 0 Å². The van der Waals surface area contributed by atoms with Crippen molar-refractivity contribution >= 4 is 29.1 Å². The highest BCUT2D eigenvalue weighted by atomic mass is 35.5. The molecule has 1 saturated heterocycles. The third kappa shape index (κ3) is 4.07. The van der Waals surface area contributed by atoms with Crippen molar-refractivity contribution in [3.05, 3.63) is 83.0 Å². The summed E-state index contributed by atoms with van der Waals surface area (Å²) in [5, 5.41) is 0.537. The van der Waals surface area contributed by atoms with Gasteiger partial charge in [-0.3, -0.25) is 9.59 Å². The van der Waals surface area contributed by atoms with E-state index in [1.807, 2.05) is 12.1 Å². The Kier molecular flexibility index (Phi) is 5.18. The quantitative estimate of drug-likeness (QED) is 0.688. The number of hydrogen-bond donors (Lipinski definition) is 1. The second-order valence-corrected chi connectivity index (χ2v) is 7.21. The van der Waals surface area contributed by atoms with E-state index in [4.69, 9.17) is 22.1 Å². The van der Waals surface area contributed by atoms with E-state index in [-0.39, 0.29) is 11.8 Å². The molecule has 29 heavy (non-hydrogen) atoms. The summed E-state index contributed by atoms with van der Waals surface area (Å²) in [5.41, 5.74) is 7.25. The monoisotopic (exact) mass is 407 g/mol. The Hall–Kier alpha value is -3.38. The lowest BCUT2D eigenvalue weighted by molar-refractivity contribution is -0.117. The number of hydrogen-bond acceptors (Lipinski definition) is 4. The van der Waals surface area contributed by atoms with Gasteiger partial charge in [-0.15, -0.1) is 0 Å². The van der Waals surface area contributed by atoms with E-state index in [0.29, 0.717) is 40.9 Å². The summed E-state index contributed by atoms with van der Waals surface area (Å²) >= 11 is 6.17. The van der Waals surface area contributed by atoms with E-state index in [0.717, 1.165) is 5.56 Å². The van der Waals surface area contributed by atoms with Gasteiger partial charge in [0, 0.05) is 53.0 Å². The molecule has 0 bridgehead atoms. The Morgan fingerprint density at radius 3 is 2.76 bits per heavy atom. The van der Waals surface area contributed by atoms with Crippen molar-refractivity contribution in [2.24, 2.45) is 5.73 Å². The van der Waals surface area contributed by atoms with Crippen LogP contribution in [0.1, 0.15) is 28.3 Å². The maximum absolute atomic E-state index is 12.7. The highest BCUT2D eigenvalue weighted by molar-refractivity contribution is 6.30. The number of nitrogens with zero attached hydrogens (tertiary/aromatic N) is 2. The summed E-state index contributed by atoms with van der Waals surface area (Å²) in [6.07, 6.45) is 1.97.